The maximum Gasteiger partial charge on any atom is 0.205 e. The fraction of sp³-hybridized carbons (Fsp3) is 0.174. The first-order valence-corrected chi connectivity index (χ1v) is 11.2. The topological polar surface area (TPSA) is 84.6 Å². The van der Waals surface area contributed by atoms with Crippen molar-refractivity contribution in [2.75, 3.05) is 0 Å². The van der Waals surface area contributed by atoms with Crippen LogP contribution < -0.4 is 0 Å². The lowest BCUT2D eigenvalue weighted by atomic mass is 9.98. The van der Waals surface area contributed by atoms with Crippen LogP contribution in [0.15, 0.2) is 71.9 Å². The molecule has 0 aliphatic heterocycles. The maximum atomic E-state index is 4.76. The molecule has 8 heteroatoms. The van der Waals surface area contributed by atoms with Crippen LogP contribution in [0.4, 0.5) is 0 Å². The maximum absolute atomic E-state index is 4.76. The van der Waals surface area contributed by atoms with Gasteiger partial charge in [0, 0.05) is 29.0 Å². The molecule has 5 aromatic rings. The molecule has 1 N–H and O–H groups in total. The molecule has 0 radical (unpaired) electrons. The number of nitrogens with zero attached hydrogens (tertiary/aromatic N) is 6. The van der Waals surface area contributed by atoms with Gasteiger partial charge in [-0.2, -0.15) is 10.3 Å². The van der Waals surface area contributed by atoms with Gasteiger partial charge in [-0.1, -0.05) is 48.5 Å². The summed E-state index contributed by atoms with van der Waals surface area (Å²) >= 11 is 1.80. The Kier molecular flexibility index (Phi) is 4.49. The first-order valence-electron chi connectivity index (χ1n) is 10.2. The van der Waals surface area contributed by atoms with E-state index in [1.165, 1.54) is 24.1 Å². The fourth-order valence-electron chi connectivity index (χ4n) is 3.74. The van der Waals surface area contributed by atoms with Crippen LogP contribution in [0.25, 0.3) is 28.2 Å². The number of thioether (sulfide) groups is 1. The van der Waals surface area contributed by atoms with Gasteiger partial charge < -0.3 is 0 Å². The second-order valence-corrected chi connectivity index (χ2v) is 8.66. The molecule has 0 bridgehead atoms. The number of hydrogen-bond acceptors (Lipinski definition) is 6. The molecular weight excluding hydrogens is 406 g/mol. The summed E-state index contributed by atoms with van der Waals surface area (Å²) < 4.78 is 1.94. The standard InChI is InChI=1S/C23H19N7S/c1-2-4-19(23-26-28-29-27-23)18(3-1)16-7-5-15(6-8-16)14-31-22-13-20(17-9-10-17)25-21-11-12-24-30(21)22/h1-8,11-13,17H,9-10,14H2,(H,26,27,28,29). The Labute approximate surface area is 182 Å². The van der Waals surface area contributed by atoms with Crippen molar-refractivity contribution in [2.45, 2.75) is 29.5 Å². The fourth-order valence-corrected chi connectivity index (χ4v) is 4.71. The highest BCUT2D eigenvalue weighted by Gasteiger charge is 2.26. The van der Waals surface area contributed by atoms with Gasteiger partial charge in [-0.3, -0.25) is 0 Å². The minimum atomic E-state index is 0.600. The minimum absolute atomic E-state index is 0.600. The Balaban J connectivity index is 1.24. The molecule has 0 atom stereocenters. The lowest BCUT2D eigenvalue weighted by molar-refractivity contribution is 0.821. The smallest absolute Gasteiger partial charge is 0.205 e. The zero-order valence-electron chi connectivity index (χ0n) is 16.6. The predicted octanol–water partition coefficient (Wildman–Crippen LogP) is 4.75. The number of H-pyrrole nitrogens is 1. The van der Waals surface area contributed by atoms with E-state index in [0.29, 0.717) is 11.7 Å². The van der Waals surface area contributed by atoms with E-state index in [9.17, 15) is 0 Å². The lowest BCUT2D eigenvalue weighted by Crippen LogP contribution is -1.98. The highest BCUT2D eigenvalue weighted by molar-refractivity contribution is 7.98. The average Bonchev–Trinajstić information content (AvgIpc) is 3.31. The van der Waals surface area contributed by atoms with Crippen LogP contribution in [0.2, 0.25) is 0 Å². The number of hydrogen-bond donors (Lipinski definition) is 1. The molecule has 1 fully saturated rings. The van der Waals surface area contributed by atoms with Gasteiger partial charge in [-0.25, -0.2) is 9.50 Å². The van der Waals surface area contributed by atoms with Crippen molar-refractivity contribution in [2.24, 2.45) is 0 Å². The molecule has 0 amide bonds. The van der Waals surface area contributed by atoms with Crippen molar-refractivity contribution in [3.05, 3.63) is 78.1 Å². The number of nitrogens with one attached hydrogen (secondary N) is 1. The van der Waals surface area contributed by atoms with Gasteiger partial charge >= 0.3 is 0 Å². The van der Waals surface area contributed by atoms with Crippen LogP contribution in [0, 0.1) is 0 Å². The molecule has 3 heterocycles. The third-order valence-electron chi connectivity index (χ3n) is 5.51. The van der Waals surface area contributed by atoms with E-state index in [0.717, 1.165) is 33.1 Å². The highest BCUT2D eigenvalue weighted by atomic mass is 32.2. The summed E-state index contributed by atoms with van der Waals surface area (Å²) in [7, 11) is 0. The number of benzene rings is 2. The summed E-state index contributed by atoms with van der Waals surface area (Å²) in [5, 5.41) is 20.1. The Morgan fingerprint density at radius 1 is 1.00 bits per heavy atom. The molecule has 0 saturated heterocycles. The molecule has 152 valence electrons. The van der Waals surface area contributed by atoms with Crippen LogP contribution in [-0.2, 0) is 5.75 Å². The van der Waals surface area contributed by atoms with Gasteiger partial charge in [-0.05, 0) is 40.8 Å². The highest BCUT2D eigenvalue weighted by Crippen LogP contribution is 2.40. The Hall–Kier alpha value is -3.52. The van der Waals surface area contributed by atoms with Crippen molar-refractivity contribution >= 4 is 17.4 Å². The van der Waals surface area contributed by atoms with Gasteiger partial charge in [0.15, 0.2) is 5.65 Å². The van der Waals surface area contributed by atoms with Crippen molar-refractivity contribution in [3.63, 3.8) is 0 Å². The van der Waals surface area contributed by atoms with E-state index in [2.05, 4.69) is 62.1 Å². The molecule has 1 aliphatic rings. The zero-order valence-corrected chi connectivity index (χ0v) is 17.5. The molecule has 0 spiro atoms. The van der Waals surface area contributed by atoms with E-state index in [-0.39, 0.29) is 0 Å². The van der Waals surface area contributed by atoms with Crippen LogP contribution >= 0.6 is 11.8 Å². The first-order chi connectivity index (χ1) is 15.3. The SMILES string of the molecule is c1ccc(-c2nn[nH]n2)c(-c2ccc(CSc3cc(C4CC4)nc4ccnn34)cc2)c1. The minimum Gasteiger partial charge on any atom is -0.233 e. The third kappa shape index (κ3) is 3.59. The van der Waals surface area contributed by atoms with E-state index in [4.69, 9.17) is 4.98 Å². The van der Waals surface area contributed by atoms with Crippen LogP contribution in [0.5, 0.6) is 0 Å². The molecule has 3 aromatic heterocycles. The average molecular weight is 426 g/mol. The van der Waals surface area contributed by atoms with Crippen LogP contribution in [0.1, 0.15) is 30.0 Å². The van der Waals surface area contributed by atoms with Crippen LogP contribution in [0.3, 0.4) is 0 Å². The number of aromatic amines is 1. The number of rotatable bonds is 6. The van der Waals surface area contributed by atoms with Gasteiger partial charge in [0.05, 0.1) is 6.20 Å². The number of aromatic nitrogens is 7. The summed E-state index contributed by atoms with van der Waals surface area (Å²) in [4.78, 5) is 4.76. The molecule has 31 heavy (non-hydrogen) atoms. The number of fused-ring (bicyclic) bond motifs is 1. The van der Waals surface area contributed by atoms with Gasteiger partial charge in [0.1, 0.15) is 5.03 Å². The molecule has 0 unspecified atom stereocenters. The third-order valence-corrected chi connectivity index (χ3v) is 6.57. The van der Waals surface area contributed by atoms with E-state index < -0.39 is 0 Å². The summed E-state index contributed by atoms with van der Waals surface area (Å²) in [6.45, 7) is 0. The van der Waals surface area contributed by atoms with Crippen molar-refractivity contribution in [1.29, 1.82) is 0 Å². The summed E-state index contributed by atoms with van der Waals surface area (Å²) in [6, 6.07) is 21.0. The molecule has 1 saturated carbocycles. The van der Waals surface area contributed by atoms with E-state index in [1.54, 1.807) is 11.8 Å². The normalized spacial score (nSPS) is 13.7. The summed E-state index contributed by atoms with van der Waals surface area (Å²) in [5.74, 6) is 2.09. The summed E-state index contributed by atoms with van der Waals surface area (Å²) in [6.07, 6.45) is 4.31. The van der Waals surface area contributed by atoms with Crippen molar-refractivity contribution in [1.82, 2.24) is 35.2 Å². The van der Waals surface area contributed by atoms with E-state index in [1.807, 2.05) is 35.0 Å². The van der Waals surface area contributed by atoms with Gasteiger partial charge in [-0.15, -0.1) is 22.0 Å². The van der Waals surface area contributed by atoms with Crippen molar-refractivity contribution in [3.8, 4) is 22.5 Å². The monoisotopic (exact) mass is 425 g/mol. The molecule has 6 rings (SSSR count). The lowest BCUT2D eigenvalue weighted by Gasteiger charge is -2.09. The number of tetrazole rings is 1. The van der Waals surface area contributed by atoms with Crippen LogP contribution in [-0.4, -0.2) is 35.2 Å². The second kappa shape index (κ2) is 7.63. The largest absolute Gasteiger partial charge is 0.233 e. The molecule has 1 aliphatic carbocycles. The molecular formula is C23H19N7S. The quantitative estimate of drug-likeness (QED) is 0.312. The predicted molar refractivity (Wildman–Crippen MR) is 120 cm³/mol. The van der Waals surface area contributed by atoms with Gasteiger partial charge in [0.25, 0.3) is 0 Å². The Bertz CT molecular complexity index is 1340. The zero-order chi connectivity index (χ0) is 20.6. The van der Waals surface area contributed by atoms with Gasteiger partial charge in [0.2, 0.25) is 5.82 Å². The summed E-state index contributed by atoms with van der Waals surface area (Å²) in [5.41, 5.74) is 6.57. The molecule has 7 nitrogen and oxygen atoms in total. The van der Waals surface area contributed by atoms with Crippen molar-refractivity contribution < 1.29 is 0 Å². The van der Waals surface area contributed by atoms with E-state index >= 15 is 0 Å². The Morgan fingerprint density at radius 3 is 2.61 bits per heavy atom. The second-order valence-electron chi connectivity index (χ2n) is 7.66. The molecule has 2 aromatic carbocycles. The Morgan fingerprint density at radius 2 is 1.84 bits per heavy atom. The first kappa shape index (κ1) is 18.3.